The maximum absolute atomic E-state index is 11.3. The molecular weight excluding hydrogens is 176 g/mol. The first-order chi connectivity index (χ1) is 5.70. The van der Waals surface area contributed by atoms with Gasteiger partial charge >= 0.3 is 0 Å². The van der Waals surface area contributed by atoms with Crippen molar-refractivity contribution in [3.8, 4) is 5.75 Å². The van der Waals surface area contributed by atoms with Gasteiger partial charge in [0.25, 0.3) is 0 Å². The molecule has 12 heavy (non-hydrogen) atoms. The minimum atomic E-state index is -0.492. The van der Waals surface area contributed by atoms with E-state index in [4.69, 9.17) is 11.6 Å². The Bertz CT molecular complexity index is 346. The molecule has 1 aromatic carbocycles. The van der Waals surface area contributed by atoms with Gasteiger partial charge in [-0.05, 0) is 18.1 Å². The number of fused-ring (bicyclic) bond motifs is 1. The summed E-state index contributed by atoms with van der Waals surface area (Å²) in [5, 5.41) is 8.85. The molecule has 1 unspecified atom stereocenters. The quantitative estimate of drug-likeness (QED) is 0.621. The number of carbonyl (C=O) groups is 1. The molecule has 3 heteroatoms. The van der Waals surface area contributed by atoms with Crippen molar-refractivity contribution >= 4 is 17.4 Å². The zero-order valence-electron chi connectivity index (χ0n) is 6.25. The fourth-order valence-electron chi connectivity index (χ4n) is 1.48. The number of phenols is 1. The molecule has 0 aromatic heterocycles. The highest BCUT2D eigenvalue weighted by molar-refractivity contribution is 6.36. The molecule has 2 rings (SSSR count). The molecule has 0 fully saturated rings. The average Bonchev–Trinajstić information content (AvgIpc) is 2.29. The zero-order chi connectivity index (χ0) is 8.72. The van der Waals surface area contributed by atoms with Crippen LogP contribution in [0.25, 0.3) is 0 Å². The smallest absolute Gasteiger partial charge is 0.184 e. The number of ketones is 1. The Kier molecular flexibility index (Phi) is 1.58. The summed E-state index contributed by atoms with van der Waals surface area (Å²) in [4.78, 5) is 11.3. The first-order valence-corrected chi connectivity index (χ1v) is 4.13. The molecule has 1 atom stereocenters. The third-order valence-electron chi connectivity index (χ3n) is 2.06. The number of benzene rings is 1. The Morgan fingerprint density at radius 2 is 2.25 bits per heavy atom. The van der Waals surface area contributed by atoms with Crippen molar-refractivity contribution in [2.24, 2.45) is 0 Å². The number of Topliss-reactive ketones (excluding diaryl/α,β-unsaturated/α-hetero) is 1. The minimum absolute atomic E-state index is 0.0423. The zero-order valence-corrected chi connectivity index (χ0v) is 7.01. The van der Waals surface area contributed by atoms with Crippen LogP contribution in [0.5, 0.6) is 5.75 Å². The van der Waals surface area contributed by atoms with Crippen molar-refractivity contribution in [1.29, 1.82) is 0 Å². The summed E-state index contributed by atoms with van der Waals surface area (Å²) < 4.78 is 0. The van der Waals surface area contributed by atoms with E-state index in [0.717, 1.165) is 5.56 Å². The molecule has 0 radical (unpaired) electrons. The van der Waals surface area contributed by atoms with Gasteiger partial charge in [0.1, 0.15) is 11.1 Å². The Morgan fingerprint density at radius 3 is 2.92 bits per heavy atom. The average molecular weight is 183 g/mol. The van der Waals surface area contributed by atoms with Crippen molar-refractivity contribution in [2.75, 3.05) is 0 Å². The number of alkyl halides is 1. The third-order valence-corrected chi connectivity index (χ3v) is 2.41. The fraction of sp³-hybridized carbons (Fsp3) is 0.222. The highest BCUT2D eigenvalue weighted by atomic mass is 35.5. The van der Waals surface area contributed by atoms with Gasteiger partial charge in [0.2, 0.25) is 0 Å². The molecule has 0 heterocycles. The third kappa shape index (κ3) is 0.916. The molecule has 1 aliphatic rings. The summed E-state index contributed by atoms with van der Waals surface area (Å²) in [7, 11) is 0. The maximum atomic E-state index is 11.3. The van der Waals surface area contributed by atoms with Crippen LogP contribution >= 0.6 is 11.6 Å². The van der Waals surface area contributed by atoms with Crippen molar-refractivity contribution in [1.82, 2.24) is 0 Å². The Morgan fingerprint density at radius 1 is 1.50 bits per heavy atom. The lowest BCUT2D eigenvalue weighted by atomic mass is 10.1. The molecule has 1 aromatic rings. The van der Waals surface area contributed by atoms with Crippen LogP contribution in [0.3, 0.4) is 0 Å². The van der Waals surface area contributed by atoms with E-state index >= 15 is 0 Å². The number of carbonyl (C=O) groups excluding carboxylic acids is 1. The second-order valence-electron chi connectivity index (χ2n) is 2.85. The van der Waals surface area contributed by atoms with Crippen LogP contribution in [0.1, 0.15) is 15.9 Å². The second kappa shape index (κ2) is 2.49. The Labute approximate surface area is 74.8 Å². The SMILES string of the molecule is O=C1c2c(O)cccc2CC1Cl. The van der Waals surface area contributed by atoms with Gasteiger partial charge in [-0.15, -0.1) is 11.6 Å². The number of hydrogen-bond acceptors (Lipinski definition) is 2. The van der Waals surface area contributed by atoms with Gasteiger partial charge in [0, 0.05) is 0 Å². The molecule has 0 saturated carbocycles. The Balaban J connectivity index is 2.62. The molecule has 0 amide bonds. The maximum Gasteiger partial charge on any atom is 0.184 e. The van der Waals surface area contributed by atoms with E-state index in [0.29, 0.717) is 12.0 Å². The van der Waals surface area contributed by atoms with Gasteiger partial charge < -0.3 is 5.11 Å². The van der Waals surface area contributed by atoms with Crippen LogP contribution < -0.4 is 0 Å². The van der Waals surface area contributed by atoms with E-state index in [1.54, 1.807) is 6.07 Å². The summed E-state index contributed by atoms with van der Waals surface area (Å²) in [5.74, 6) is -0.120. The van der Waals surface area contributed by atoms with E-state index in [2.05, 4.69) is 0 Å². The van der Waals surface area contributed by atoms with Crippen LogP contribution in [-0.2, 0) is 6.42 Å². The molecule has 1 aliphatic carbocycles. The van der Waals surface area contributed by atoms with Crippen LogP contribution in [0, 0.1) is 0 Å². The predicted octanol–water partition coefficient (Wildman–Crippen LogP) is 1.74. The number of hydrogen-bond donors (Lipinski definition) is 1. The largest absolute Gasteiger partial charge is 0.507 e. The lowest BCUT2D eigenvalue weighted by Crippen LogP contribution is -2.06. The summed E-state index contributed by atoms with van der Waals surface area (Å²) in [5.41, 5.74) is 1.25. The van der Waals surface area contributed by atoms with Gasteiger partial charge in [0.05, 0.1) is 5.56 Å². The number of phenolic OH excluding ortho intramolecular Hbond substituents is 1. The highest BCUT2D eigenvalue weighted by Crippen LogP contribution is 2.31. The van der Waals surface area contributed by atoms with Gasteiger partial charge in [-0.25, -0.2) is 0 Å². The van der Waals surface area contributed by atoms with E-state index in [9.17, 15) is 9.90 Å². The topological polar surface area (TPSA) is 37.3 Å². The molecule has 0 spiro atoms. The summed E-state index contributed by atoms with van der Waals surface area (Å²) in [6.45, 7) is 0. The van der Waals surface area contributed by atoms with Crippen molar-refractivity contribution < 1.29 is 9.90 Å². The normalized spacial score (nSPS) is 21.1. The van der Waals surface area contributed by atoms with E-state index in [-0.39, 0.29) is 11.5 Å². The molecule has 0 aliphatic heterocycles. The van der Waals surface area contributed by atoms with Gasteiger partial charge in [0.15, 0.2) is 5.78 Å². The molecule has 2 nitrogen and oxygen atoms in total. The van der Waals surface area contributed by atoms with Gasteiger partial charge in [-0.3, -0.25) is 4.79 Å². The summed E-state index contributed by atoms with van der Waals surface area (Å²) >= 11 is 5.74. The van der Waals surface area contributed by atoms with Crippen LogP contribution in [-0.4, -0.2) is 16.3 Å². The highest BCUT2D eigenvalue weighted by Gasteiger charge is 2.30. The molecular formula is C9H7ClO2. The number of rotatable bonds is 0. The fourth-order valence-corrected chi connectivity index (χ4v) is 1.76. The van der Waals surface area contributed by atoms with Crippen LogP contribution in [0.2, 0.25) is 0 Å². The first kappa shape index (κ1) is 7.62. The van der Waals surface area contributed by atoms with Gasteiger partial charge in [-0.2, -0.15) is 0 Å². The van der Waals surface area contributed by atoms with E-state index < -0.39 is 5.38 Å². The van der Waals surface area contributed by atoms with Crippen LogP contribution in [0.15, 0.2) is 18.2 Å². The molecule has 1 N–H and O–H groups in total. The summed E-state index contributed by atoms with van der Waals surface area (Å²) in [6.07, 6.45) is 0.532. The van der Waals surface area contributed by atoms with Crippen molar-refractivity contribution in [2.45, 2.75) is 11.8 Å². The van der Waals surface area contributed by atoms with Crippen molar-refractivity contribution in [3.05, 3.63) is 29.3 Å². The molecule has 62 valence electrons. The van der Waals surface area contributed by atoms with Gasteiger partial charge in [-0.1, -0.05) is 12.1 Å². The monoisotopic (exact) mass is 182 g/mol. The number of aromatic hydroxyl groups is 1. The standard InChI is InChI=1S/C9H7ClO2/c10-6-4-5-2-1-3-7(11)8(5)9(6)12/h1-3,6,11H,4H2. The van der Waals surface area contributed by atoms with E-state index in [1.807, 2.05) is 6.07 Å². The lowest BCUT2D eigenvalue weighted by molar-refractivity contribution is 0.0996. The minimum Gasteiger partial charge on any atom is -0.507 e. The number of halogens is 1. The Hall–Kier alpha value is -1.02. The predicted molar refractivity (Wildman–Crippen MR) is 45.8 cm³/mol. The van der Waals surface area contributed by atoms with E-state index in [1.165, 1.54) is 6.07 Å². The lowest BCUT2D eigenvalue weighted by Gasteiger charge is -1.98. The second-order valence-corrected chi connectivity index (χ2v) is 3.37. The summed E-state index contributed by atoms with van der Waals surface area (Å²) in [6, 6.07) is 5.04. The first-order valence-electron chi connectivity index (χ1n) is 3.69. The van der Waals surface area contributed by atoms with Crippen molar-refractivity contribution in [3.63, 3.8) is 0 Å². The van der Waals surface area contributed by atoms with Crippen LogP contribution in [0.4, 0.5) is 0 Å². The molecule has 0 saturated heterocycles. The molecule has 0 bridgehead atoms.